The van der Waals surface area contributed by atoms with Crippen LogP contribution in [0.15, 0.2) is 96.2 Å². The second-order valence-corrected chi connectivity index (χ2v) is 8.75. The molecule has 2 aromatic carbocycles. The van der Waals surface area contributed by atoms with Crippen LogP contribution >= 0.6 is 0 Å². The van der Waals surface area contributed by atoms with Crippen LogP contribution in [-0.2, 0) is 19.5 Å². The highest BCUT2D eigenvalue weighted by Gasteiger charge is 2.16. The van der Waals surface area contributed by atoms with Crippen molar-refractivity contribution in [2.24, 2.45) is 0 Å². The summed E-state index contributed by atoms with van der Waals surface area (Å²) < 4.78 is 9.15. The molecule has 6 aromatic rings. The van der Waals surface area contributed by atoms with E-state index < -0.39 is 0 Å². The van der Waals surface area contributed by atoms with Crippen LogP contribution < -0.4 is 15.6 Å². The third-order valence-electron chi connectivity index (χ3n) is 6.51. The highest BCUT2D eigenvalue weighted by Crippen LogP contribution is 2.25. The van der Waals surface area contributed by atoms with Crippen molar-refractivity contribution in [2.45, 2.75) is 19.5 Å². The van der Waals surface area contributed by atoms with Gasteiger partial charge in [0, 0.05) is 42.5 Å². The van der Waals surface area contributed by atoms with Gasteiger partial charge in [0.05, 0.1) is 12.8 Å². The van der Waals surface area contributed by atoms with Crippen molar-refractivity contribution in [1.29, 1.82) is 0 Å². The molecular weight excluding hydrogens is 450 g/mol. The number of aromatic nitrogens is 4. The van der Waals surface area contributed by atoms with Crippen LogP contribution in [-0.4, -0.2) is 26.0 Å². The Morgan fingerprint density at radius 3 is 2.53 bits per heavy atom. The van der Waals surface area contributed by atoms with Gasteiger partial charge in [-0.1, -0.05) is 36.4 Å². The number of ether oxygens (including phenoxy) is 1. The molecule has 0 bridgehead atoms. The standard InChI is InChI=1S/C29H25N5O2/c1-36-23-11-8-20(9-12-23)14-16-33-28-27(24-6-2-3-7-25(24)29(33)35)32-26-13-10-22(19-34(26)28)31-18-21-5-4-15-30-17-21/h2-13,15,17,19,31H,14,16,18H2,1H3. The third kappa shape index (κ3) is 3.94. The van der Waals surface area contributed by atoms with Gasteiger partial charge in [0.1, 0.15) is 22.6 Å². The van der Waals surface area contributed by atoms with E-state index in [2.05, 4.69) is 10.3 Å². The van der Waals surface area contributed by atoms with E-state index in [4.69, 9.17) is 9.72 Å². The van der Waals surface area contributed by atoms with E-state index in [9.17, 15) is 4.79 Å². The summed E-state index contributed by atoms with van der Waals surface area (Å²) in [4.78, 5) is 22.8. The highest BCUT2D eigenvalue weighted by molar-refractivity contribution is 6.03. The first-order valence-electron chi connectivity index (χ1n) is 11.9. The van der Waals surface area contributed by atoms with E-state index in [0.717, 1.165) is 44.8 Å². The lowest BCUT2D eigenvalue weighted by Crippen LogP contribution is -2.22. The predicted molar refractivity (Wildman–Crippen MR) is 143 cm³/mol. The maximum absolute atomic E-state index is 13.7. The van der Waals surface area contributed by atoms with Crippen molar-refractivity contribution < 1.29 is 4.74 Å². The molecule has 1 N–H and O–H groups in total. The van der Waals surface area contributed by atoms with Gasteiger partial charge >= 0.3 is 0 Å². The van der Waals surface area contributed by atoms with Gasteiger partial charge in [-0.2, -0.15) is 0 Å². The zero-order chi connectivity index (χ0) is 24.5. The second kappa shape index (κ2) is 9.19. The molecule has 0 aliphatic heterocycles. The number of methoxy groups -OCH3 is 1. The minimum Gasteiger partial charge on any atom is -0.497 e. The number of nitrogens with zero attached hydrogens (tertiary/aromatic N) is 4. The molecule has 0 radical (unpaired) electrons. The van der Waals surface area contributed by atoms with Crippen molar-refractivity contribution in [1.82, 2.24) is 18.9 Å². The molecule has 0 saturated heterocycles. The van der Waals surface area contributed by atoms with E-state index in [1.807, 2.05) is 94.2 Å². The maximum atomic E-state index is 13.7. The number of imidazole rings is 1. The fourth-order valence-electron chi connectivity index (χ4n) is 4.64. The molecule has 0 spiro atoms. The van der Waals surface area contributed by atoms with Gasteiger partial charge in [-0.25, -0.2) is 4.98 Å². The van der Waals surface area contributed by atoms with Gasteiger partial charge in [0.15, 0.2) is 0 Å². The van der Waals surface area contributed by atoms with Crippen LogP contribution in [0.4, 0.5) is 5.69 Å². The Hall–Kier alpha value is -4.65. The van der Waals surface area contributed by atoms with Crippen molar-refractivity contribution in [3.8, 4) is 5.75 Å². The Morgan fingerprint density at radius 1 is 0.917 bits per heavy atom. The fraction of sp³-hybridized carbons (Fsp3) is 0.138. The number of nitrogens with one attached hydrogen (secondary N) is 1. The summed E-state index contributed by atoms with van der Waals surface area (Å²) in [7, 11) is 1.66. The summed E-state index contributed by atoms with van der Waals surface area (Å²) in [5.74, 6) is 0.817. The predicted octanol–water partition coefficient (Wildman–Crippen LogP) is 5.06. The Labute approximate surface area is 207 Å². The Bertz CT molecular complexity index is 1740. The van der Waals surface area contributed by atoms with Gasteiger partial charge in [0.25, 0.3) is 5.56 Å². The van der Waals surface area contributed by atoms with Crippen LogP contribution in [0.1, 0.15) is 11.1 Å². The molecular formula is C29H25N5O2. The van der Waals surface area contributed by atoms with Gasteiger partial charge in [0.2, 0.25) is 0 Å². The van der Waals surface area contributed by atoms with Crippen LogP contribution in [0.3, 0.4) is 0 Å². The third-order valence-corrected chi connectivity index (χ3v) is 6.51. The monoisotopic (exact) mass is 475 g/mol. The molecule has 0 unspecified atom stereocenters. The molecule has 0 saturated carbocycles. The number of benzene rings is 2. The normalized spacial score (nSPS) is 11.4. The summed E-state index contributed by atoms with van der Waals surface area (Å²) in [5.41, 5.74) is 5.57. The molecule has 4 aromatic heterocycles. The quantitative estimate of drug-likeness (QED) is 0.349. The minimum absolute atomic E-state index is 0.0119. The van der Waals surface area contributed by atoms with Crippen molar-refractivity contribution in [2.75, 3.05) is 12.4 Å². The van der Waals surface area contributed by atoms with Gasteiger partial charge in [-0.15, -0.1) is 0 Å². The number of aryl methyl sites for hydroxylation is 2. The fourth-order valence-corrected chi connectivity index (χ4v) is 4.64. The molecule has 0 atom stereocenters. The molecule has 4 heterocycles. The molecule has 6 rings (SSSR count). The number of hydrogen-bond acceptors (Lipinski definition) is 5. The van der Waals surface area contributed by atoms with Crippen LogP contribution in [0.2, 0.25) is 0 Å². The van der Waals surface area contributed by atoms with E-state index in [1.165, 1.54) is 0 Å². The molecule has 0 aliphatic rings. The Kier molecular flexibility index (Phi) is 5.58. The zero-order valence-corrected chi connectivity index (χ0v) is 19.9. The first-order valence-corrected chi connectivity index (χ1v) is 11.9. The average molecular weight is 476 g/mol. The smallest absolute Gasteiger partial charge is 0.260 e. The number of anilines is 1. The van der Waals surface area contributed by atoms with Crippen LogP contribution in [0, 0.1) is 0 Å². The SMILES string of the molecule is COc1ccc(CCn2c(=O)c3ccccc3c3nc4ccc(NCc5cccnc5)cn4c32)cc1. The molecule has 7 heteroatoms. The molecule has 0 fully saturated rings. The summed E-state index contributed by atoms with van der Waals surface area (Å²) in [6, 6.07) is 23.6. The van der Waals surface area contributed by atoms with Gasteiger partial charge < -0.3 is 10.1 Å². The number of rotatable bonds is 7. The second-order valence-electron chi connectivity index (χ2n) is 8.75. The number of hydrogen-bond donors (Lipinski definition) is 1. The van der Waals surface area contributed by atoms with E-state index in [1.54, 1.807) is 13.3 Å². The minimum atomic E-state index is -0.0119. The molecule has 7 nitrogen and oxygen atoms in total. The molecule has 0 amide bonds. The van der Waals surface area contributed by atoms with Crippen LogP contribution in [0.5, 0.6) is 5.75 Å². The lowest BCUT2D eigenvalue weighted by Gasteiger charge is -2.12. The van der Waals surface area contributed by atoms with E-state index in [-0.39, 0.29) is 5.56 Å². The summed E-state index contributed by atoms with van der Waals surface area (Å²) >= 11 is 0. The first kappa shape index (κ1) is 21.9. The molecule has 36 heavy (non-hydrogen) atoms. The summed E-state index contributed by atoms with van der Waals surface area (Å²) in [6.07, 6.45) is 6.34. The van der Waals surface area contributed by atoms with Crippen LogP contribution in [0.25, 0.3) is 27.6 Å². The lowest BCUT2D eigenvalue weighted by molar-refractivity contribution is 0.414. The Morgan fingerprint density at radius 2 is 1.75 bits per heavy atom. The Balaban J connectivity index is 1.45. The molecule has 178 valence electrons. The zero-order valence-electron chi connectivity index (χ0n) is 19.9. The highest BCUT2D eigenvalue weighted by atomic mass is 16.5. The summed E-state index contributed by atoms with van der Waals surface area (Å²) in [5, 5.41) is 5.01. The van der Waals surface area contributed by atoms with Crippen molar-refractivity contribution in [3.63, 3.8) is 0 Å². The topological polar surface area (TPSA) is 73.5 Å². The summed E-state index contributed by atoms with van der Waals surface area (Å²) in [6.45, 7) is 1.19. The first-order chi connectivity index (χ1) is 17.7. The number of pyridine rings is 3. The van der Waals surface area contributed by atoms with E-state index in [0.29, 0.717) is 24.9 Å². The lowest BCUT2D eigenvalue weighted by atomic mass is 10.1. The number of fused-ring (bicyclic) bond motifs is 5. The van der Waals surface area contributed by atoms with Gasteiger partial charge in [-0.3, -0.25) is 18.7 Å². The maximum Gasteiger partial charge on any atom is 0.260 e. The largest absolute Gasteiger partial charge is 0.497 e. The van der Waals surface area contributed by atoms with Crippen molar-refractivity contribution in [3.05, 3.63) is 113 Å². The average Bonchev–Trinajstić information content (AvgIpc) is 3.32. The van der Waals surface area contributed by atoms with E-state index >= 15 is 0 Å². The van der Waals surface area contributed by atoms with Gasteiger partial charge in [-0.05, 0) is 53.9 Å². The molecule has 0 aliphatic carbocycles. The van der Waals surface area contributed by atoms with Crippen molar-refractivity contribution >= 4 is 33.3 Å².